The maximum atomic E-state index is 12.1. The summed E-state index contributed by atoms with van der Waals surface area (Å²) in [4.78, 5) is 24.5. The minimum atomic E-state index is -0.109. The highest BCUT2D eigenvalue weighted by molar-refractivity contribution is 5.76. The average molecular weight is 288 g/mol. The number of rotatable bonds is 7. The highest BCUT2D eigenvalue weighted by Gasteiger charge is 2.17. The Hall–Kier alpha value is -2.31. The van der Waals surface area contributed by atoms with Crippen molar-refractivity contribution in [3.05, 3.63) is 36.4 Å². The van der Waals surface area contributed by atoms with Gasteiger partial charge >= 0.3 is 0 Å². The predicted molar refractivity (Wildman–Crippen MR) is 77.2 cm³/mol. The standard InChI is InChI=1S/C14H20N6O/c1-3-12(14-17-10-18-20(14)4-2)19-13(21)6-5-11-9-15-7-8-16-11/h7-10,12H,3-6H2,1-2H3,(H,19,21). The maximum Gasteiger partial charge on any atom is 0.220 e. The van der Waals surface area contributed by atoms with Crippen LogP contribution >= 0.6 is 0 Å². The number of hydrogen-bond acceptors (Lipinski definition) is 5. The molecule has 0 saturated heterocycles. The normalized spacial score (nSPS) is 12.1. The lowest BCUT2D eigenvalue weighted by Crippen LogP contribution is -2.30. The fourth-order valence-electron chi connectivity index (χ4n) is 2.10. The van der Waals surface area contributed by atoms with Gasteiger partial charge in [-0.05, 0) is 19.8 Å². The van der Waals surface area contributed by atoms with Crippen molar-refractivity contribution in [3.8, 4) is 0 Å². The topological polar surface area (TPSA) is 85.6 Å². The van der Waals surface area contributed by atoms with Crippen molar-refractivity contribution in [2.45, 2.75) is 45.7 Å². The highest BCUT2D eigenvalue weighted by atomic mass is 16.1. The molecule has 0 aliphatic heterocycles. The molecule has 0 radical (unpaired) electrons. The Bertz CT molecular complexity index is 568. The van der Waals surface area contributed by atoms with E-state index in [0.717, 1.165) is 24.5 Å². The van der Waals surface area contributed by atoms with Crippen LogP contribution in [0, 0.1) is 0 Å². The van der Waals surface area contributed by atoms with Crippen molar-refractivity contribution in [2.75, 3.05) is 0 Å². The molecule has 0 aromatic carbocycles. The summed E-state index contributed by atoms with van der Waals surface area (Å²) in [5.74, 6) is 0.783. The molecule has 1 atom stereocenters. The Kier molecular flexibility index (Phi) is 5.36. The molecule has 1 amide bonds. The number of nitrogens with one attached hydrogen (secondary N) is 1. The molecule has 2 heterocycles. The summed E-state index contributed by atoms with van der Waals surface area (Å²) in [5, 5.41) is 7.14. The number of carbonyl (C=O) groups is 1. The number of nitrogens with zero attached hydrogens (tertiary/aromatic N) is 5. The van der Waals surface area contributed by atoms with Crippen LogP contribution in [0.1, 0.15) is 44.2 Å². The number of carbonyl (C=O) groups excluding carboxylic acids is 1. The summed E-state index contributed by atoms with van der Waals surface area (Å²) < 4.78 is 1.80. The maximum absolute atomic E-state index is 12.1. The van der Waals surface area contributed by atoms with Gasteiger partial charge in [-0.1, -0.05) is 6.92 Å². The minimum Gasteiger partial charge on any atom is -0.346 e. The molecule has 7 heteroatoms. The van der Waals surface area contributed by atoms with E-state index in [1.54, 1.807) is 23.3 Å². The van der Waals surface area contributed by atoms with Crippen LogP contribution in [-0.2, 0) is 17.8 Å². The molecule has 112 valence electrons. The van der Waals surface area contributed by atoms with Crippen LogP contribution < -0.4 is 5.32 Å². The Morgan fingerprint density at radius 2 is 2.19 bits per heavy atom. The van der Waals surface area contributed by atoms with E-state index in [2.05, 4.69) is 25.4 Å². The van der Waals surface area contributed by atoms with Crippen LogP contribution in [0.2, 0.25) is 0 Å². The Labute approximate surface area is 123 Å². The predicted octanol–water partition coefficient (Wildman–Crippen LogP) is 1.29. The summed E-state index contributed by atoms with van der Waals surface area (Å²) >= 11 is 0. The second-order valence-corrected chi connectivity index (χ2v) is 4.66. The summed E-state index contributed by atoms with van der Waals surface area (Å²) in [6, 6.07) is -0.109. The van der Waals surface area contributed by atoms with Gasteiger partial charge < -0.3 is 5.32 Å². The van der Waals surface area contributed by atoms with Gasteiger partial charge in [0.2, 0.25) is 5.91 Å². The highest BCUT2D eigenvalue weighted by Crippen LogP contribution is 2.13. The first-order valence-corrected chi connectivity index (χ1v) is 7.16. The smallest absolute Gasteiger partial charge is 0.220 e. The Morgan fingerprint density at radius 3 is 2.86 bits per heavy atom. The number of amides is 1. The molecule has 2 rings (SSSR count). The SMILES string of the molecule is CCC(NC(=O)CCc1cnccn1)c1ncnn1CC. The van der Waals surface area contributed by atoms with Gasteiger partial charge in [0, 0.05) is 31.6 Å². The van der Waals surface area contributed by atoms with E-state index in [0.29, 0.717) is 12.8 Å². The molecule has 0 saturated carbocycles. The van der Waals surface area contributed by atoms with Crippen molar-refractivity contribution >= 4 is 5.91 Å². The van der Waals surface area contributed by atoms with Crippen molar-refractivity contribution in [2.24, 2.45) is 0 Å². The molecule has 1 unspecified atom stereocenters. The molecule has 1 N–H and O–H groups in total. The number of aromatic nitrogens is 5. The minimum absolute atomic E-state index is 0.0156. The number of aryl methyl sites for hydroxylation is 2. The van der Waals surface area contributed by atoms with Crippen molar-refractivity contribution in [1.82, 2.24) is 30.0 Å². The molecule has 7 nitrogen and oxygen atoms in total. The average Bonchev–Trinajstić information content (AvgIpc) is 3.00. The van der Waals surface area contributed by atoms with E-state index in [1.165, 1.54) is 6.33 Å². The summed E-state index contributed by atoms with van der Waals surface area (Å²) in [7, 11) is 0. The first-order chi connectivity index (χ1) is 10.2. The molecular formula is C14H20N6O. The van der Waals surface area contributed by atoms with Crippen molar-refractivity contribution in [1.29, 1.82) is 0 Å². The second-order valence-electron chi connectivity index (χ2n) is 4.66. The third-order valence-corrected chi connectivity index (χ3v) is 3.23. The van der Waals surface area contributed by atoms with E-state index in [1.807, 2.05) is 13.8 Å². The molecule has 0 aliphatic rings. The fourth-order valence-corrected chi connectivity index (χ4v) is 2.10. The lowest BCUT2D eigenvalue weighted by Gasteiger charge is -2.16. The van der Waals surface area contributed by atoms with Gasteiger partial charge in [-0.15, -0.1) is 0 Å². The fraction of sp³-hybridized carbons (Fsp3) is 0.500. The van der Waals surface area contributed by atoms with E-state index < -0.39 is 0 Å². The molecule has 0 fully saturated rings. The van der Waals surface area contributed by atoms with Crippen LogP contribution in [-0.4, -0.2) is 30.6 Å². The van der Waals surface area contributed by atoms with E-state index in [4.69, 9.17) is 0 Å². The molecule has 21 heavy (non-hydrogen) atoms. The summed E-state index contributed by atoms with van der Waals surface area (Å²) in [6.07, 6.45) is 8.19. The van der Waals surface area contributed by atoms with Gasteiger partial charge in [0.05, 0.1) is 11.7 Å². The van der Waals surface area contributed by atoms with Crippen LogP contribution in [0.4, 0.5) is 0 Å². The molecule has 0 aliphatic carbocycles. The molecule has 0 bridgehead atoms. The first-order valence-electron chi connectivity index (χ1n) is 7.16. The first kappa shape index (κ1) is 15.1. The van der Waals surface area contributed by atoms with Gasteiger partial charge in [0.25, 0.3) is 0 Å². The quantitative estimate of drug-likeness (QED) is 0.829. The van der Waals surface area contributed by atoms with Crippen LogP contribution in [0.25, 0.3) is 0 Å². The van der Waals surface area contributed by atoms with Gasteiger partial charge in [-0.25, -0.2) is 9.67 Å². The third-order valence-electron chi connectivity index (χ3n) is 3.23. The van der Waals surface area contributed by atoms with Crippen LogP contribution in [0.3, 0.4) is 0 Å². The lowest BCUT2D eigenvalue weighted by atomic mass is 10.2. The van der Waals surface area contributed by atoms with Crippen LogP contribution in [0.15, 0.2) is 24.9 Å². The monoisotopic (exact) mass is 288 g/mol. The van der Waals surface area contributed by atoms with Gasteiger partial charge in [-0.3, -0.25) is 14.8 Å². The van der Waals surface area contributed by atoms with E-state index in [9.17, 15) is 4.79 Å². The zero-order valence-corrected chi connectivity index (χ0v) is 12.4. The van der Waals surface area contributed by atoms with Crippen molar-refractivity contribution in [3.63, 3.8) is 0 Å². The third kappa shape index (κ3) is 4.08. The molecule has 0 spiro atoms. The molecule has 2 aromatic heterocycles. The number of hydrogen-bond donors (Lipinski definition) is 1. The summed E-state index contributed by atoms with van der Waals surface area (Å²) in [6.45, 7) is 4.75. The molecular weight excluding hydrogens is 268 g/mol. The van der Waals surface area contributed by atoms with E-state index >= 15 is 0 Å². The second kappa shape index (κ2) is 7.47. The zero-order valence-electron chi connectivity index (χ0n) is 12.4. The summed E-state index contributed by atoms with van der Waals surface area (Å²) in [5.41, 5.74) is 0.817. The van der Waals surface area contributed by atoms with Gasteiger partial charge in [-0.2, -0.15) is 5.10 Å². The molecule has 2 aromatic rings. The largest absolute Gasteiger partial charge is 0.346 e. The lowest BCUT2D eigenvalue weighted by molar-refractivity contribution is -0.121. The van der Waals surface area contributed by atoms with E-state index in [-0.39, 0.29) is 11.9 Å². The van der Waals surface area contributed by atoms with Crippen LogP contribution in [0.5, 0.6) is 0 Å². The van der Waals surface area contributed by atoms with Gasteiger partial charge in [0.15, 0.2) is 0 Å². The Morgan fingerprint density at radius 1 is 1.33 bits per heavy atom. The zero-order chi connectivity index (χ0) is 15.1. The van der Waals surface area contributed by atoms with Crippen molar-refractivity contribution < 1.29 is 4.79 Å². The van der Waals surface area contributed by atoms with Gasteiger partial charge in [0.1, 0.15) is 12.2 Å². The Balaban J connectivity index is 1.91.